The van der Waals surface area contributed by atoms with E-state index in [1.165, 1.54) is 0 Å². The van der Waals surface area contributed by atoms with E-state index in [9.17, 15) is 9.59 Å². The first-order valence-electron chi connectivity index (χ1n) is 9.40. The highest BCUT2D eigenvalue weighted by Gasteiger charge is 2.29. The zero-order chi connectivity index (χ0) is 19.4. The minimum atomic E-state index is -0.107. The van der Waals surface area contributed by atoms with Crippen LogP contribution in [0.2, 0.25) is 0 Å². The summed E-state index contributed by atoms with van der Waals surface area (Å²) >= 11 is 0. The molecule has 2 heterocycles. The summed E-state index contributed by atoms with van der Waals surface area (Å²) in [5.41, 5.74) is 2.19. The number of amides is 3. The highest BCUT2D eigenvalue weighted by atomic mass is 16.2. The monoisotopic (exact) mass is 369 g/mol. The molecule has 0 saturated carbocycles. The summed E-state index contributed by atoms with van der Waals surface area (Å²) in [5, 5.41) is 10.1. The van der Waals surface area contributed by atoms with Gasteiger partial charge in [0.05, 0.1) is 12.6 Å². The second-order valence-electron chi connectivity index (χ2n) is 7.31. The number of rotatable bonds is 5. The third kappa shape index (κ3) is 4.67. The van der Waals surface area contributed by atoms with Gasteiger partial charge in [-0.25, -0.2) is 4.79 Å². The molecule has 1 saturated heterocycles. The van der Waals surface area contributed by atoms with Crippen molar-refractivity contribution in [1.82, 2.24) is 20.0 Å². The van der Waals surface area contributed by atoms with E-state index in [1.54, 1.807) is 24.4 Å². The molecule has 7 nitrogen and oxygen atoms in total. The van der Waals surface area contributed by atoms with Gasteiger partial charge in [-0.3, -0.25) is 9.48 Å². The third-order valence-corrected chi connectivity index (χ3v) is 4.74. The van der Waals surface area contributed by atoms with E-state index in [-0.39, 0.29) is 24.0 Å². The molecule has 1 fully saturated rings. The lowest BCUT2D eigenvalue weighted by molar-refractivity contribution is 0.0943. The molecule has 3 amide bonds. The summed E-state index contributed by atoms with van der Waals surface area (Å²) in [6.45, 7) is 7.19. The Morgan fingerprint density at radius 1 is 1.33 bits per heavy atom. The van der Waals surface area contributed by atoms with E-state index in [0.717, 1.165) is 30.6 Å². The van der Waals surface area contributed by atoms with Gasteiger partial charge in [0.25, 0.3) is 5.91 Å². The summed E-state index contributed by atoms with van der Waals surface area (Å²) < 4.78 is 1.86. The first-order valence-corrected chi connectivity index (χ1v) is 9.40. The molecule has 1 aliphatic heterocycles. The van der Waals surface area contributed by atoms with Crippen molar-refractivity contribution >= 4 is 17.6 Å². The summed E-state index contributed by atoms with van der Waals surface area (Å²) in [4.78, 5) is 26.8. The lowest BCUT2D eigenvalue weighted by Gasteiger charge is -2.25. The highest BCUT2D eigenvalue weighted by molar-refractivity contribution is 5.96. The molecule has 27 heavy (non-hydrogen) atoms. The molecule has 0 unspecified atom stereocenters. The molecule has 0 aliphatic carbocycles. The SMILES string of the molecule is Cc1cc(C(=O)NC(C)C)ccc1NC(=O)N1CCC[C@@H]1Cn1cccn1. The summed E-state index contributed by atoms with van der Waals surface area (Å²) in [7, 11) is 0. The van der Waals surface area contributed by atoms with Crippen LogP contribution >= 0.6 is 0 Å². The first-order chi connectivity index (χ1) is 12.9. The zero-order valence-corrected chi connectivity index (χ0v) is 16.1. The van der Waals surface area contributed by atoms with Gasteiger partial charge in [0.15, 0.2) is 0 Å². The van der Waals surface area contributed by atoms with Gasteiger partial charge in [-0.15, -0.1) is 0 Å². The molecule has 0 bridgehead atoms. The van der Waals surface area contributed by atoms with E-state index in [4.69, 9.17) is 0 Å². The lowest BCUT2D eigenvalue weighted by atomic mass is 10.1. The van der Waals surface area contributed by atoms with Crippen molar-refractivity contribution in [3.8, 4) is 0 Å². The molecule has 2 aromatic rings. The highest BCUT2D eigenvalue weighted by Crippen LogP contribution is 2.22. The Bertz CT molecular complexity index is 801. The maximum Gasteiger partial charge on any atom is 0.322 e. The van der Waals surface area contributed by atoms with Gasteiger partial charge in [-0.1, -0.05) is 0 Å². The van der Waals surface area contributed by atoms with Gasteiger partial charge in [0, 0.05) is 36.2 Å². The number of carbonyl (C=O) groups excluding carboxylic acids is 2. The fourth-order valence-corrected chi connectivity index (χ4v) is 3.39. The number of hydrogen-bond donors (Lipinski definition) is 2. The molecule has 1 atom stereocenters. The second kappa shape index (κ2) is 8.24. The fraction of sp³-hybridized carbons (Fsp3) is 0.450. The number of nitrogens with one attached hydrogen (secondary N) is 2. The fourth-order valence-electron chi connectivity index (χ4n) is 3.39. The van der Waals surface area contributed by atoms with Crippen LogP contribution in [0.15, 0.2) is 36.7 Å². The number of likely N-dealkylation sites (tertiary alicyclic amines) is 1. The van der Waals surface area contributed by atoms with Crippen LogP contribution in [0.25, 0.3) is 0 Å². The van der Waals surface area contributed by atoms with Gasteiger partial charge in [-0.05, 0) is 63.4 Å². The molecule has 1 aliphatic rings. The predicted octanol–water partition coefficient (Wildman–Crippen LogP) is 3.03. The average molecular weight is 369 g/mol. The first kappa shape index (κ1) is 18.9. The Morgan fingerprint density at radius 3 is 2.81 bits per heavy atom. The number of carbonyl (C=O) groups is 2. The van der Waals surface area contributed by atoms with Crippen molar-refractivity contribution in [3.63, 3.8) is 0 Å². The van der Waals surface area contributed by atoms with Crippen molar-refractivity contribution in [1.29, 1.82) is 0 Å². The molecule has 2 N–H and O–H groups in total. The molecule has 0 spiro atoms. The Morgan fingerprint density at radius 2 is 2.15 bits per heavy atom. The normalized spacial score (nSPS) is 16.6. The quantitative estimate of drug-likeness (QED) is 0.850. The van der Waals surface area contributed by atoms with Crippen LogP contribution in [0.3, 0.4) is 0 Å². The Balaban J connectivity index is 1.65. The van der Waals surface area contributed by atoms with Crippen molar-refractivity contribution in [2.45, 2.75) is 52.2 Å². The predicted molar refractivity (Wildman–Crippen MR) is 105 cm³/mol. The second-order valence-corrected chi connectivity index (χ2v) is 7.31. The van der Waals surface area contributed by atoms with Crippen molar-refractivity contribution in [2.75, 3.05) is 11.9 Å². The number of urea groups is 1. The number of aryl methyl sites for hydroxylation is 1. The molecule has 0 radical (unpaired) electrons. The number of aromatic nitrogens is 2. The Kier molecular flexibility index (Phi) is 5.78. The van der Waals surface area contributed by atoms with E-state index in [0.29, 0.717) is 12.1 Å². The molecule has 1 aromatic heterocycles. The smallest absolute Gasteiger partial charge is 0.322 e. The standard InChI is InChI=1S/C20H27N5O2/c1-14(2)22-19(26)16-7-8-18(15(3)12-16)23-20(27)25-11-4-6-17(25)13-24-10-5-9-21-24/h5,7-10,12,14,17H,4,6,11,13H2,1-3H3,(H,22,26)(H,23,27)/t17-/m1/s1. The van der Waals surface area contributed by atoms with Gasteiger partial charge in [0.1, 0.15) is 0 Å². The van der Waals surface area contributed by atoms with Crippen LogP contribution in [0.1, 0.15) is 42.6 Å². The van der Waals surface area contributed by atoms with Crippen LogP contribution in [0, 0.1) is 6.92 Å². The van der Waals surface area contributed by atoms with Crippen molar-refractivity contribution in [3.05, 3.63) is 47.8 Å². The summed E-state index contributed by atoms with van der Waals surface area (Å²) in [6.07, 6.45) is 5.63. The minimum Gasteiger partial charge on any atom is -0.350 e. The van der Waals surface area contributed by atoms with Crippen LogP contribution in [-0.2, 0) is 6.54 Å². The number of nitrogens with zero attached hydrogens (tertiary/aromatic N) is 3. The molecular formula is C20H27N5O2. The summed E-state index contributed by atoms with van der Waals surface area (Å²) in [6, 6.07) is 7.35. The maximum absolute atomic E-state index is 12.8. The Labute approximate surface area is 159 Å². The van der Waals surface area contributed by atoms with E-state index in [1.807, 2.05) is 42.6 Å². The number of hydrogen-bond acceptors (Lipinski definition) is 3. The number of benzene rings is 1. The van der Waals surface area contributed by atoms with Crippen LogP contribution < -0.4 is 10.6 Å². The van der Waals surface area contributed by atoms with Crippen molar-refractivity contribution < 1.29 is 9.59 Å². The third-order valence-electron chi connectivity index (χ3n) is 4.74. The van der Waals surface area contributed by atoms with E-state index < -0.39 is 0 Å². The van der Waals surface area contributed by atoms with Gasteiger partial charge >= 0.3 is 6.03 Å². The molecule has 144 valence electrons. The topological polar surface area (TPSA) is 79.3 Å². The molecule has 7 heteroatoms. The lowest BCUT2D eigenvalue weighted by Crippen LogP contribution is -2.41. The van der Waals surface area contributed by atoms with Crippen LogP contribution in [-0.4, -0.2) is 45.2 Å². The van der Waals surface area contributed by atoms with Crippen LogP contribution in [0.4, 0.5) is 10.5 Å². The van der Waals surface area contributed by atoms with Crippen LogP contribution in [0.5, 0.6) is 0 Å². The molecular weight excluding hydrogens is 342 g/mol. The molecule has 3 rings (SSSR count). The van der Waals surface area contributed by atoms with Crippen molar-refractivity contribution in [2.24, 2.45) is 0 Å². The maximum atomic E-state index is 12.8. The van der Waals surface area contributed by atoms with Gasteiger partial charge < -0.3 is 15.5 Å². The number of anilines is 1. The molecule has 1 aromatic carbocycles. The zero-order valence-electron chi connectivity index (χ0n) is 16.1. The minimum absolute atomic E-state index is 0.0825. The summed E-state index contributed by atoms with van der Waals surface area (Å²) in [5.74, 6) is -0.107. The average Bonchev–Trinajstić information content (AvgIpc) is 3.28. The van der Waals surface area contributed by atoms with E-state index in [2.05, 4.69) is 15.7 Å². The Hall–Kier alpha value is -2.83. The largest absolute Gasteiger partial charge is 0.350 e. The van der Waals surface area contributed by atoms with Gasteiger partial charge in [-0.2, -0.15) is 5.10 Å². The van der Waals surface area contributed by atoms with Gasteiger partial charge in [0.2, 0.25) is 0 Å². The van der Waals surface area contributed by atoms with E-state index >= 15 is 0 Å².